The Hall–Kier alpha value is -3.45. The third-order valence-corrected chi connectivity index (χ3v) is 5.70. The SMILES string of the molecule is Cc1ccc(-n2c(SCC(=O)NCCc3ccccc3)nnc2-c2ccncc2)cc1. The quantitative estimate of drug-likeness (QED) is 0.427. The summed E-state index contributed by atoms with van der Waals surface area (Å²) in [7, 11) is 0. The maximum atomic E-state index is 12.4. The molecule has 0 aliphatic carbocycles. The van der Waals surface area contributed by atoms with Crippen LogP contribution in [0.15, 0.2) is 84.3 Å². The Morgan fingerprint density at radius 3 is 2.45 bits per heavy atom. The summed E-state index contributed by atoms with van der Waals surface area (Å²) in [6, 6.07) is 22.1. The molecule has 0 unspecified atom stereocenters. The molecule has 0 saturated heterocycles. The second-order valence-corrected chi connectivity index (χ2v) is 8.03. The minimum Gasteiger partial charge on any atom is -0.355 e. The third-order valence-electron chi connectivity index (χ3n) is 4.78. The zero-order valence-corrected chi connectivity index (χ0v) is 18.0. The summed E-state index contributed by atoms with van der Waals surface area (Å²) in [4.78, 5) is 16.5. The molecule has 0 spiro atoms. The summed E-state index contributed by atoms with van der Waals surface area (Å²) in [5, 5.41) is 12.4. The number of thioether (sulfide) groups is 1. The third kappa shape index (κ3) is 5.38. The summed E-state index contributed by atoms with van der Waals surface area (Å²) < 4.78 is 1.98. The van der Waals surface area contributed by atoms with Gasteiger partial charge in [-0.2, -0.15) is 0 Å². The first-order valence-corrected chi connectivity index (χ1v) is 11.1. The van der Waals surface area contributed by atoms with E-state index in [1.165, 1.54) is 22.9 Å². The molecule has 1 N–H and O–H groups in total. The van der Waals surface area contributed by atoms with Crippen molar-refractivity contribution >= 4 is 17.7 Å². The predicted molar refractivity (Wildman–Crippen MR) is 123 cm³/mol. The normalized spacial score (nSPS) is 10.7. The Bertz CT molecular complexity index is 1130. The summed E-state index contributed by atoms with van der Waals surface area (Å²) in [5.74, 6) is 0.970. The van der Waals surface area contributed by atoms with Gasteiger partial charge in [0.15, 0.2) is 11.0 Å². The molecule has 156 valence electrons. The highest BCUT2D eigenvalue weighted by atomic mass is 32.2. The van der Waals surface area contributed by atoms with E-state index in [-0.39, 0.29) is 11.7 Å². The van der Waals surface area contributed by atoms with Crippen LogP contribution in [0.2, 0.25) is 0 Å². The van der Waals surface area contributed by atoms with Gasteiger partial charge in [-0.05, 0) is 43.2 Å². The number of hydrogen-bond acceptors (Lipinski definition) is 5. The zero-order chi connectivity index (χ0) is 21.5. The van der Waals surface area contributed by atoms with Crippen LogP contribution in [0, 0.1) is 6.92 Å². The van der Waals surface area contributed by atoms with Gasteiger partial charge in [-0.1, -0.05) is 59.8 Å². The standard InChI is InChI=1S/C24H23N5OS/c1-18-7-9-21(10-8-18)29-23(20-12-14-25-15-13-20)27-28-24(29)31-17-22(30)26-16-11-19-5-3-2-4-6-19/h2-10,12-15H,11,16-17H2,1H3,(H,26,30). The highest BCUT2D eigenvalue weighted by molar-refractivity contribution is 7.99. The molecule has 6 nitrogen and oxygen atoms in total. The molecule has 7 heteroatoms. The Labute approximate surface area is 185 Å². The van der Waals surface area contributed by atoms with E-state index in [1.54, 1.807) is 12.4 Å². The van der Waals surface area contributed by atoms with E-state index in [0.29, 0.717) is 11.7 Å². The summed E-state index contributed by atoms with van der Waals surface area (Å²) in [5.41, 5.74) is 4.25. The summed E-state index contributed by atoms with van der Waals surface area (Å²) in [6.45, 7) is 2.66. The van der Waals surface area contributed by atoms with E-state index >= 15 is 0 Å². The fraction of sp³-hybridized carbons (Fsp3) is 0.167. The van der Waals surface area contributed by atoms with Crippen LogP contribution < -0.4 is 5.32 Å². The molecule has 0 radical (unpaired) electrons. The average Bonchev–Trinajstić information content (AvgIpc) is 3.23. The van der Waals surface area contributed by atoms with Crippen LogP contribution in [0.4, 0.5) is 0 Å². The second kappa shape index (κ2) is 10.0. The largest absolute Gasteiger partial charge is 0.355 e. The minimum absolute atomic E-state index is 0.0233. The number of hydrogen-bond donors (Lipinski definition) is 1. The Morgan fingerprint density at radius 2 is 1.71 bits per heavy atom. The van der Waals surface area contributed by atoms with Crippen LogP contribution in [0.3, 0.4) is 0 Å². The zero-order valence-electron chi connectivity index (χ0n) is 17.2. The molecule has 0 bridgehead atoms. The highest BCUT2D eigenvalue weighted by Crippen LogP contribution is 2.27. The van der Waals surface area contributed by atoms with Crippen molar-refractivity contribution in [3.63, 3.8) is 0 Å². The van der Waals surface area contributed by atoms with Crippen LogP contribution >= 0.6 is 11.8 Å². The maximum Gasteiger partial charge on any atom is 0.230 e. The second-order valence-electron chi connectivity index (χ2n) is 7.09. The fourth-order valence-corrected chi connectivity index (χ4v) is 3.93. The van der Waals surface area contributed by atoms with Gasteiger partial charge in [0.1, 0.15) is 0 Å². The maximum absolute atomic E-state index is 12.4. The fourth-order valence-electron chi connectivity index (χ4n) is 3.15. The van der Waals surface area contributed by atoms with E-state index in [2.05, 4.69) is 51.7 Å². The number of pyridine rings is 1. The van der Waals surface area contributed by atoms with Crippen LogP contribution in [0.25, 0.3) is 17.1 Å². The topological polar surface area (TPSA) is 72.7 Å². The van der Waals surface area contributed by atoms with Crippen molar-refractivity contribution in [1.82, 2.24) is 25.1 Å². The molecule has 0 atom stereocenters. The van der Waals surface area contributed by atoms with Gasteiger partial charge < -0.3 is 5.32 Å². The van der Waals surface area contributed by atoms with E-state index in [1.807, 2.05) is 47.0 Å². The number of aryl methyl sites for hydroxylation is 1. The molecular weight excluding hydrogens is 406 g/mol. The number of nitrogens with one attached hydrogen (secondary N) is 1. The lowest BCUT2D eigenvalue weighted by Crippen LogP contribution is -2.27. The number of nitrogens with zero attached hydrogens (tertiary/aromatic N) is 4. The number of carbonyl (C=O) groups is 1. The van der Waals surface area contributed by atoms with Crippen LogP contribution in [-0.2, 0) is 11.2 Å². The van der Waals surface area contributed by atoms with Crippen molar-refractivity contribution in [3.05, 3.63) is 90.3 Å². The van der Waals surface area contributed by atoms with E-state index < -0.39 is 0 Å². The first kappa shape index (κ1) is 20.8. The molecule has 2 aromatic carbocycles. The van der Waals surface area contributed by atoms with Gasteiger partial charge >= 0.3 is 0 Å². The molecule has 4 aromatic rings. The van der Waals surface area contributed by atoms with Gasteiger partial charge in [0, 0.05) is 30.2 Å². The van der Waals surface area contributed by atoms with Crippen molar-refractivity contribution in [2.45, 2.75) is 18.5 Å². The minimum atomic E-state index is -0.0233. The van der Waals surface area contributed by atoms with Crippen molar-refractivity contribution in [1.29, 1.82) is 0 Å². The molecule has 31 heavy (non-hydrogen) atoms. The monoisotopic (exact) mass is 429 g/mol. The van der Waals surface area contributed by atoms with Gasteiger partial charge in [-0.25, -0.2) is 0 Å². The molecule has 2 aromatic heterocycles. The molecule has 0 saturated carbocycles. The number of aromatic nitrogens is 4. The average molecular weight is 430 g/mol. The van der Waals surface area contributed by atoms with E-state index in [0.717, 1.165) is 23.5 Å². The van der Waals surface area contributed by atoms with Crippen molar-refractivity contribution in [2.75, 3.05) is 12.3 Å². The lowest BCUT2D eigenvalue weighted by molar-refractivity contribution is -0.118. The Morgan fingerprint density at radius 1 is 0.968 bits per heavy atom. The Balaban J connectivity index is 1.47. The number of carbonyl (C=O) groups excluding carboxylic acids is 1. The number of rotatable bonds is 8. The van der Waals surface area contributed by atoms with Gasteiger partial charge in [-0.3, -0.25) is 14.3 Å². The van der Waals surface area contributed by atoms with Gasteiger partial charge in [-0.15, -0.1) is 10.2 Å². The number of benzene rings is 2. The van der Waals surface area contributed by atoms with Crippen LogP contribution in [0.1, 0.15) is 11.1 Å². The van der Waals surface area contributed by atoms with Crippen LogP contribution in [-0.4, -0.2) is 38.0 Å². The molecule has 0 fully saturated rings. The molecule has 0 aliphatic heterocycles. The summed E-state index contributed by atoms with van der Waals surface area (Å²) in [6.07, 6.45) is 4.27. The van der Waals surface area contributed by atoms with Crippen LogP contribution in [0.5, 0.6) is 0 Å². The van der Waals surface area contributed by atoms with Crippen molar-refractivity contribution in [2.24, 2.45) is 0 Å². The first-order valence-electron chi connectivity index (χ1n) is 10.1. The van der Waals surface area contributed by atoms with Gasteiger partial charge in [0.2, 0.25) is 5.91 Å². The van der Waals surface area contributed by atoms with E-state index in [4.69, 9.17) is 0 Å². The highest BCUT2D eigenvalue weighted by Gasteiger charge is 2.17. The van der Waals surface area contributed by atoms with E-state index in [9.17, 15) is 4.79 Å². The predicted octanol–water partition coefficient (Wildman–Crippen LogP) is 4.09. The lowest BCUT2D eigenvalue weighted by atomic mass is 10.1. The number of amides is 1. The first-order chi connectivity index (χ1) is 15.2. The van der Waals surface area contributed by atoms with Crippen molar-refractivity contribution in [3.8, 4) is 17.1 Å². The smallest absolute Gasteiger partial charge is 0.230 e. The van der Waals surface area contributed by atoms with Gasteiger partial charge in [0.05, 0.1) is 5.75 Å². The van der Waals surface area contributed by atoms with Crippen molar-refractivity contribution < 1.29 is 4.79 Å². The Kier molecular flexibility index (Phi) is 6.74. The molecule has 1 amide bonds. The molecule has 2 heterocycles. The molecule has 4 rings (SSSR count). The lowest BCUT2D eigenvalue weighted by Gasteiger charge is -2.11. The molecular formula is C24H23N5OS. The summed E-state index contributed by atoms with van der Waals surface area (Å²) >= 11 is 1.38. The molecule has 0 aliphatic rings. The van der Waals surface area contributed by atoms with Gasteiger partial charge in [0.25, 0.3) is 0 Å².